The van der Waals surface area contributed by atoms with Crippen molar-refractivity contribution in [2.75, 3.05) is 7.11 Å². The number of carbonyl (C=O) groups excluding carboxylic acids is 2. The summed E-state index contributed by atoms with van der Waals surface area (Å²) in [5.74, 6) is -2.51. The Morgan fingerprint density at radius 3 is 2.50 bits per heavy atom. The number of carbonyl (C=O) groups is 2. The number of aliphatic hydroxyl groups is 1. The molecule has 0 atom stereocenters. The summed E-state index contributed by atoms with van der Waals surface area (Å²) in [4.78, 5) is 22.3. The first kappa shape index (κ1) is 15.6. The minimum atomic E-state index is -1.11. The zero-order valence-corrected chi connectivity index (χ0v) is 11.4. The van der Waals surface area contributed by atoms with Gasteiger partial charge in [0.05, 0.1) is 18.8 Å². The van der Waals surface area contributed by atoms with Crippen LogP contribution in [0, 0.1) is 0 Å². The molecule has 0 unspecified atom stereocenters. The van der Waals surface area contributed by atoms with Gasteiger partial charge in [0.1, 0.15) is 17.3 Å². The van der Waals surface area contributed by atoms with E-state index >= 15 is 0 Å². The molecule has 6 nitrogen and oxygen atoms in total. The van der Waals surface area contributed by atoms with Crippen LogP contribution in [0.2, 0.25) is 0 Å². The first-order valence-electron chi connectivity index (χ1n) is 5.88. The quantitative estimate of drug-likeness (QED) is 0.370. The van der Waals surface area contributed by atoms with Gasteiger partial charge in [0, 0.05) is 6.08 Å². The lowest BCUT2D eigenvalue weighted by molar-refractivity contribution is -0.149. The van der Waals surface area contributed by atoms with Crippen molar-refractivity contribution in [1.29, 1.82) is 0 Å². The molecular formula is C14H16O6. The Morgan fingerprint density at radius 2 is 1.95 bits per heavy atom. The summed E-state index contributed by atoms with van der Waals surface area (Å²) < 4.78 is 9.63. The van der Waals surface area contributed by atoms with Gasteiger partial charge in [-0.3, -0.25) is 4.79 Å². The van der Waals surface area contributed by atoms with Gasteiger partial charge in [-0.2, -0.15) is 0 Å². The lowest BCUT2D eigenvalue weighted by atomic mass is 10.1. The summed E-state index contributed by atoms with van der Waals surface area (Å²) in [5.41, 5.74) is -0.0135. The first-order valence-corrected chi connectivity index (χ1v) is 5.88. The topological polar surface area (TPSA) is 93.1 Å². The molecule has 1 aromatic rings. The minimum absolute atomic E-state index is 0.0135. The zero-order valence-electron chi connectivity index (χ0n) is 11.4. The van der Waals surface area contributed by atoms with Gasteiger partial charge in [-0.25, -0.2) is 4.79 Å². The molecule has 1 rings (SSSR count). The second-order valence-electron chi connectivity index (χ2n) is 4.23. The van der Waals surface area contributed by atoms with Gasteiger partial charge in [-0.1, -0.05) is 0 Å². The van der Waals surface area contributed by atoms with Gasteiger partial charge in [-0.15, -0.1) is 0 Å². The van der Waals surface area contributed by atoms with Gasteiger partial charge >= 0.3 is 5.97 Å². The highest BCUT2D eigenvalue weighted by molar-refractivity contribution is 6.39. The second-order valence-corrected chi connectivity index (χ2v) is 4.23. The molecule has 0 bridgehead atoms. The van der Waals surface area contributed by atoms with E-state index in [1.54, 1.807) is 0 Å². The van der Waals surface area contributed by atoms with Gasteiger partial charge in [0.2, 0.25) is 0 Å². The van der Waals surface area contributed by atoms with Crippen LogP contribution in [0.5, 0.6) is 11.5 Å². The van der Waals surface area contributed by atoms with Crippen LogP contribution in [-0.4, -0.2) is 35.2 Å². The predicted octanol–water partition coefficient (Wildman–Crippen LogP) is 1.82. The number of benzene rings is 1. The molecule has 0 saturated heterocycles. The van der Waals surface area contributed by atoms with Crippen LogP contribution >= 0.6 is 0 Å². The molecule has 0 aliphatic heterocycles. The molecule has 1 aromatic carbocycles. The Balaban J connectivity index is 3.08. The van der Waals surface area contributed by atoms with Gasteiger partial charge in [0.25, 0.3) is 5.78 Å². The van der Waals surface area contributed by atoms with Crippen molar-refractivity contribution in [2.45, 2.75) is 20.0 Å². The van der Waals surface area contributed by atoms with E-state index in [2.05, 4.69) is 4.74 Å². The highest BCUT2D eigenvalue weighted by Gasteiger charge is 2.15. The van der Waals surface area contributed by atoms with Crippen LogP contribution in [0.3, 0.4) is 0 Å². The number of esters is 1. The summed E-state index contributed by atoms with van der Waals surface area (Å²) >= 11 is 0. The third-order valence-corrected chi connectivity index (χ3v) is 2.27. The number of rotatable bonds is 5. The number of hydrogen-bond acceptors (Lipinski definition) is 6. The van der Waals surface area contributed by atoms with Crippen molar-refractivity contribution in [3.8, 4) is 11.5 Å². The molecule has 0 radical (unpaired) electrons. The summed E-state index contributed by atoms with van der Waals surface area (Å²) in [6.07, 6.45) is 0.593. The van der Waals surface area contributed by atoms with Crippen LogP contribution in [-0.2, 0) is 14.3 Å². The number of hydrogen-bond donors (Lipinski definition) is 2. The summed E-state index contributed by atoms with van der Waals surface area (Å²) in [6, 6.07) is 4.21. The second kappa shape index (κ2) is 6.60. The van der Waals surface area contributed by atoms with Crippen molar-refractivity contribution in [3.63, 3.8) is 0 Å². The number of aliphatic hydroxyl groups excluding tert-OH is 1. The Hall–Kier alpha value is -2.50. The maximum absolute atomic E-state index is 11.3. The summed E-state index contributed by atoms with van der Waals surface area (Å²) in [7, 11) is 1.06. The lowest BCUT2D eigenvalue weighted by Crippen LogP contribution is -2.13. The molecule has 0 aromatic heterocycles. The summed E-state index contributed by atoms with van der Waals surface area (Å²) in [5, 5.41) is 19.5. The van der Waals surface area contributed by atoms with E-state index in [1.807, 2.05) is 13.8 Å². The first-order chi connectivity index (χ1) is 9.35. The van der Waals surface area contributed by atoms with Crippen LogP contribution in [0.15, 0.2) is 24.3 Å². The van der Waals surface area contributed by atoms with Crippen LogP contribution in [0.25, 0.3) is 5.76 Å². The monoisotopic (exact) mass is 280 g/mol. The van der Waals surface area contributed by atoms with Gasteiger partial charge in [0.15, 0.2) is 0 Å². The molecular weight excluding hydrogens is 264 g/mol. The third-order valence-electron chi connectivity index (χ3n) is 2.27. The van der Waals surface area contributed by atoms with Gasteiger partial charge in [-0.05, 0) is 32.0 Å². The number of phenolic OH excluding ortho intramolecular Hbond substituents is 1. The van der Waals surface area contributed by atoms with E-state index in [0.717, 1.165) is 7.11 Å². The number of methoxy groups -OCH3 is 1. The molecule has 20 heavy (non-hydrogen) atoms. The molecule has 0 aliphatic carbocycles. The molecule has 2 N–H and O–H groups in total. The average Bonchev–Trinajstić information content (AvgIpc) is 2.39. The van der Waals surface area contributed by atoms with Gasteiger partial charge < -0.3 is 19.7 Å². The fourth-order valence-corrected chi connectivity index (χ4v) is 1.43. The number of ketones is 1. The smallest absolute Gasteiger partial charge is 0.378 e. The Kier molecular flexibility index (Phi) is 5.14. The fourth-order valence-electron chi connectivity index (χ4n) is 1.43. The molecule has 0 heterocycles. The molecule has 0 aliphatic rings. The zero-order chi connectivity index (χ0) is 15.3. The van der Waals surface area contributed by atoms with E-state index < -0.39 is 17.5 Å². The third kappa shape index (κ3) is 4.01. The molecule has 0 fully saturated rings. The van der Waals surface area contributed by atoms with Crippen LogP contribution in [0.4, 0.5) is 0 Å². The minimum Gasteiger partial charge on any atom is -0.507 e. The largest absolute Gasteiger partial charge is 0.507 e. The van der Waals surface area contributed by atoms with E-state index in [-0.39, 0.29) is 17.4 Å². The molecule has 0 saturated carbocycles. The standard InChI is InChI=1S/C14H16O6/c1-8(2)20-9-4-5-11(15)10(6-9)12(16)7-13(17)14(18)19-3/h4-8,15-16H,1-3H3/b12-7-. The number of phenols is 1. The SMILES string of the molecule is COC(=O)C(=O)/C=C(\O)c1cc(OC(C)C)ccc1O. The number of ether oxygens (including phenoxy) is 2. The molecule has 0 spiro atoms. The van der Waals surface area contributed by atoms with Crippen molar-refractivity contribution < 1.29 is 29.3 Å². The van der Waals surface area contributed by atoms with E-state index in [9.17, 15) is 19.8 Å². The average molecular weight is 280 g/mol. The fraction of sp³-hybridized carbons (Fsp3) is 0.286. The molecule has 108 valence electrons. The maximum Gasteiger partial charge on any atom is 0.378 e. The van der Waals surface area contributed by atoms with Crippen molar-refractivity contribution >= 4 is 17.5 Å². The van der Waals surface area contributed by atoms with E-state index in [0.29, 0.717) is 11.8 Å². The Labute approximate surface area is 116 Å². The van der Waals surface area contributed by atoms with Crippen molar-refractivity contribution in [1.82, 2.24) is 0 Å². The highest BCUT2D eigenvalue weighted by atomic mass is 16.5. The number of aromatic hydroxyl groups is 1. The van der Waals surface area contributed by atoms with Crippen molar-refractivity contribution in [3.05, 3.63) is 29.8 Å². The summed E-state index contributed by atoms with van der Waals surface area (Å²) in [6.45, 7) is 3.64. The van der Waals surface area contributed by atoms with E-state index in [4.69, 9.17) is 4.74 Å². The molecule has 0 amide bonds. The predicted molar refractivity (Wildman–Crippen MR) is 71.5 cm³/mol. The molecule has 6 heteroatoms. The Morgan fingerprint density at radius 1 is 1.30 bits per heavy atom. The Bertz CT molecular complexity index is 545. The lowest BCUT2D eigenvalue weighted by Gasteiger charge is -2.11. The van der Waals surface area contributed by atoms with Crippen LogP contribution < -0.4 is 4.74 Å². The van der Waals surface area contributed by atoms with E-state index in [1.165, 1.54) is 18.2 Å². The maximum atomic E-state index is 11.3. The highest BCUT2D eigenvalue weighted by Crippen LogP contribution is 2.28. The van der Waals surface area contributed by atoms with Crippen molar-refractivity contribution in [2.24, 2.45) is 0 Å². The normalized spacial score (nSPS) is 11.3. The van der Waals surface area contributed by atoms with Crippen LogP contribution in [0.1, 0.15) is 19.4 Å².